The number of aryl methyl sites for hydroxylation is 3. The Morgan fingerprint density at radius 1 is 1.10 bits per heavy atom. The number of nitrogens with one attached hydrogen (secondary N) is 1. The minimum absolute atomic E-state index is 0.177. The maximum atomic E-state index is 12.9. The molecule has 4 aromatic heterocycles. The highest BCUT2D eigenvalue weighted by molar-refractivity contribution is 7.18. The topological polar surface area (TPSA) is 100 Å². The van der Waals surface area contributed by atoms with Gasteiger partial charge < -0.3 is 9.88 Å². The van der Waals surface area contributed by atoms with Gasteiger partial charge in [0.15, 0.2) is 0 Å². The van der Waals surface area contributed by atoms with E-state index in [1.807, 2.05) is 10.6 Å². The average Bonchev–Trinajstić information content (AvgIpc) is 3.68. The number of aromatic nitrogens is 6. The molecule has 9 nitrogen and oxygen atoms in total. The summed E-state index contributed by atoms with van der Waals surface area (Å²) in [6.07, 6.45) is 1.16. The zero-order valence-electron chi connectivity index (χ0n) is 22.4. The van der Waals surface area contributed by atoms with Crippen LogP contribution in [0.2, 0.25) is 0 Å². The number of nitrogens with zero attached hydrogens (tertiary/aromatic N) is 8. The molecule has 41 heavy (non-hydrogen) atoms. The molecule has 212 valence electrons. The van der Waals surface area contributed by atoms with Crippen molar-refractivity contribution < 1.29 is 13.2 Å². The van der Waals surface area contributed by atoms with Crippen molar-refractivity contribution in [2.75, 3.05) is 18.4 Å². The van der Waals surface area contributed by atoms with Crippen molar-refractivity contribution in [1.29, 1.82) is 5.26 Å². The fraction of sp³-hybridized carbons (Fsp3) is 0.393. The maximum absolute atomic E-state index is 12.9. The van der Waals surface area contributed by atoms with Crippen molar-refractivity contribution in [2.24, 2.45) is 0 Å². The number of likely N-dealkylation sites (tertiary alicyclic amines) is 1. The first-order chi connectivity index (χ1) is 19.8. The van der Waals surface area contributed by atoms with Crippen LogP contribution in [0.25, 0.3) is 21.1 Å². The molecule has 0 unspecified atom stereocenters. The van der Waals surface area contributed by atoms with Crippen molar-refractivity contribution >= 4 is 38.3 Å². The number of benzene rings is 1. The third-order valence-corrected chi connectivity index (χ3v) is 8.72. The number of hydrogen-bond acceptors (Lipinski definition) is 8. The van der Waals surface area contributed by atoms with Crippen LogP contribution in [0.3, 0.4) is 0 Å². The predicted molar refractivity (Wildman–Crippen MR) is 151 cm³/mol. The summed E-state index contributed by atoms with van der Waals surface area (Å²) in [6.45, 7) is 5.95. The largest absolute Gasteiger partial charge is 0.393 e. The summed E-state index contributed by atoms with van der Waals surface area (Å²) in [7, 11) is 0. The van der Waals surface area contributed by atoms with Crippen molar-refractivity contribution in [3.63, 3.8) is 0 Å². The van der Waals surface area contributed by atoms with Crippen molar-refractivity contribution in [3.05, 3.63) is 64.9 Å². The molecular formula is C28H28F3N9S. The van der Waals surface area contributed by atoms with Gasteiger partial charge in [-0.2, -0.15) is 23.5 Å². The third-order valence-electron chi connectivity index (χ3n) is 7.68. The molecule has 1 fully saturated rings. The molecule has 0 radical (unpaired) electrons. The molecule has 1 aliphatic heterocycles. The fourth-order valence-electron chi connectivity index (χ4n) is 5.55. The highest BCUT2D eigenvalue weighted by Gasteiger charge is 2.29. The summed E-state index contributed by atoms with van der Waals surface area (Å²) in [4.78, 5) is 15.7. The van der Waals surface area contributed by atoms with E-state index in [1.165, 1.54) is 23.8 Å². The predicted octanol–water partition coefficient (Wildman–Crippen LogP) is 5.30. The Bertz CT molecular complexity index is 1710. The molecular weight excluding hydrogens is 551 g/mol. The van der Waals surface area contributed by atoms with Crippen LogP contribution < -0.4 is 5.32 Å². The minimum Gasteiger partial charge on any atom is -0.367 e. The van der Waals surface area contributed by atoms with E-state index in [-0.39, 0.29) is 10.9 Å². The number of fused-ring (bicyclic) bond motifs is 2. The van der Waals surface area contributed by atoms with Gasteiger partial charge >= 0.3 is 6.18 Å². The average molecular weight is 580 g/mol. The van der Waals surface area contributed by atoms with E-state index < -0.39 is 12.6 Å². The second-order valence-corrected chi connectivity index (χ2v) is 11.5. The molecule has 1 N–H and O–H groups in total. The standard InChI is InChI=1S/C28H28F3N9S/c1-18-19(2-3-25-23(18)10-21(13-32)40(25)9-8-39-17-33-15-36-39)14-38-6-4-20(5-7-38)37-26-24-11-22(12-28(29,30)31)41-27(24)35-16-34-26/h2-3,10-11,15-17,20H,4-9,12,14H2,1H3,(H,34,35,37). The van der Waals surface area contributed by atoms with Gasteiger partial charge in [-0.05, 0) is 49.1 Å². The van der Waals surface area contributed by atoms with Gasteiger partial charge in [0.1, 0.15) is 41.4 Å². The molecule has 0 aliphatic carbocycles. The lowest BCUT2D eigenvalue weighted by Gasteiger charge is -2.33. The first kappa shape index (κ1) is 27.2. The summed E-state index contributed by atoms with van der Waals surface area (Å²) < 4.78 is 42.4. The maximum Gasteiger partial charge on any atom is 0.393 e. The van der Waals surface area contributed by atoms with E-state index >= 15 is 0 Å². The Hall–Kier alpha value is -4.02. The lowest BCUT2D eigenvalue weighted by Crippen LogP contribution is -2.39. The SMILES string of the molecule is Cc1c(CN2CCC(Nc3ncnc4sc(CC(F)(F)F)cc34)CC2)ccc2c1cc(C#N)n2CCn1cncn1. The monoisotopic (exact) mass is 579 g/mol. The molecule has 0 amide bonds. The highest BCUT2D eigenvalue weighted by Crippen LogP contribution is 2.33. The molecule has 1 aromatic carbocycles. The lowest BCUT2D eigenvalue weighted by atomic mass is 10.0. The fourth-order valence-corrected chi connectivity index (χ4v) is 6.58. The molecule has 0 saturated carbocycles. The molecule has 6 rings (SSSR count). The second-order valence-electron chi connectivity index (χ2n) is 10.4. The second kappa shape index (κ2) is 11.1. The van der Waals surface area contributed by atoms with Gasteiger partial charge in [-0.1, -0.05) is 6.07 Å². The van der Waals surface area contributed by atoms with Crippen LogP contribution in [0.4, 0.5) is 19.0 Å². The van der Waals surface area contributed by atoms with Crippen LogP contribution in [-0.4, -0.2) is 59.5 Å². The molecule has 0 bridgehead atoms. The Morgan fingerprint density at radius 2 is 1.93 bits per heavy atom. The van der Waals surface area contributed by atoms with E-state index in [2.05, 4.69) is 55.4 Å². The number of anilines is 1. The highest BCUT2D eigenvalue weighted by atomic mass is 32.1. The first-order valence-corrected chi connectivity index (χ1v) is 14.2. The van der Waals surface area contributed by atoms with Crippen molar-refractivity contribution in [3.8, 4) is 6.07 Å². The van der Waals surface area contributed by atoms with Crippen LogP contribution in [0, 0.1) is 18.3 Å². The molecule has 5 aromatic rings. The number of piperidine rings is 1. The number of hydrogen-bond donors (Lipinski definition) is 1. The van der Waals surface area contributed by atoms with Crippen molar-refractivity contribution in [1.82, 2.24) is 34.2 Å². The van der Waals surface area contributed by atoms with E-state index in [0.29, 0.717) is 34.8 Å². The van der Waals surface area contributed by atoms with Crippen LogP contribution >= 0.6 is 11.3 Å². The van der Waals surface area contributed by atoms with E-state index in [9.17, 15) is 18.4 Å². The first-order valence-electron chi connectivity index (χ1n) is 13.4. The van der Waals surface area contributed by atoms with Gasteiger partial charge in [-0.3, -0.25) is 9.58 Å². The van der Waals surface area contributed by atoms with E-state index in [1.54, 1.807) is 17.1 Å². The molecule has 5 heterocycles. The molecule has 0 atom stereocenters. The van der Waals surface area contributed by atoms with Crippen LogP contribution in [-0.2, 0) is 26.1 Å². The molecule has 1 saturated heterocycles. The van der Waals surface area contributed by atoms with Gasteiger partial charge in [0.2, 0.25) is 0 Å². The van der Waals surface area contributed by atoms with Gasteiger partial charge in [0, 0.05) is 48.0 Å². The molecule has 0 spiro atoms. The van der Waals surface area contributed by atoms with Crippen LogP contribution in [0.5, 0.6) is 0 Å². The van der Waals surface area contributed by atoms with Gasteiger partial charge in [0.25, 0.3) is 0 Å². The van der Waals surface area contributed by atoms with Crippen molar-refractivity contribution in [2.45, 2.75) is 58.0 Å². The van der Waals surface area contributed by atoms with Crippen LogP contribution in [0.15, 0.2) is 43.2 Å². The van der Waals surface area contributed by atoms with Crippen LogP contribution in [0.1, 0.15) is 34.5 Å². The summed E-state index contributed by atoms with van der Waals surface area (Å²) in [5.74, 6) is 0.598. The normalized spacial score (nSPS) is 15.1. The smallest absolute Gasteiger partial charge is 0.367 e. The minimum atomic E-state index is -4.25. The third kappa shape index (κ3) is 5.89. The Balaban J connectivity index is 1.10. The zero-order chi connectivity index (χ0) is 28.6. The summed E-state index contributed by atoms with van der Waals surface area (Å²) in [6, 6.07) is 10.3. The summed E-state index contributed by atoms with van der Waals surface area (Å²) >= 11 is 1.06. The quantitative estimate of drug-likeness (QED) is 0.266. The summed E-state index contributed by atoms with van der Waals surface area (Å²) in [5, 5.41) is 19.1. The molecule has 1 aliphatic rings. The van der Waals surface area contributed by atoms with Gasteiger partial charge in [0.05, 0.1) is 18.4 Å². The molecule has 13 heteroatoms. The lowest BCUT2D eigenvalue weighted by molar-refractivity contribution is -0.126. The van der Waals surface area contributed by atoms with E-state index in [4.69, 9.17) is 0 Å². The zero-order valence-corrected chi connectivity index (χ0v) is 23.2. The Labute approximate surface area is 238 Å². The Kier molecular flexibility index (Phi) is 7.35. The number of rotatable bonds is 8. The van der Waals surface area contributed by atoms with Gasteiger partial charge in [-0.15, -0.1) is 11.3 Å². The number of nitriles is 1. The number of thiophene rings is 1. The summed E-state index contributed by atoms with van der Waals surface area (Å²) in [5.41, 5.74) is 4.07. The Morgan fingerprint density at radius 3 is 2.66 bits per heavy atom. The van der Waals surface area contributed by atoms with E-state index in [0.717, 1.165) is 54.7 Å². The number of halogens is 3. The van der Waals surface area contributed by atoms with Gasteiger partial charge in [-0.25, -0.2) is 15.0 Å². The number of alkyl halides is 3.